The van der Waals surface area contributed by atoms with Gasteiger partial charge in [0.1, 0.15) is 18.3 Å². The van der Waals surface area contributed by atoms with Crippen LogP contribution in [0.25, 0.3) is 0 Å². The average Bonchev–Trinajstić information content (AvgIpc) is 2.81. The summed E-state index contributed by atoms with van der Waals surface area (Å²) in [6, 6.07) is 0. The third kappa shape index (κ3) is 13.8. The first-order valence-electron chi connectivity index (χ1n) is 12.0. The summed E-state index contributed by atoms with van der Waals surface area (Å²) in [4.78, 5) is 21.8. The number of unbranched alkanes of at least 4 members (excludes halogenated alkanes) is 2. The van der Waals surface area contributed by atoms with Gasteiger partial charge in [-0.2, -0.15) is 0 Å². The molecule has 0 saturated heterocycles. The van der Waals surface area contributed by atoms with Gasteiger partial charge in [0.25, 0.3) is 0 Å². The van der Waals surface area contributed by atoms with E-state index < -0.39 is 44.8 Å². The summed E-state index contributed by atoms with van der Waals surface area (Å²) < 4.78 is 26.7. The van der Waals surface area contributed by atoms with Crippen LogP contribution in [0.4, 0.5) is 0 Å². The van der Waals surface area contributed by atoms with E-state index in [9.17, 15) is 34.7 Å². The number of esters is 1. The van der Waals surface area contributed by atoms with Gasteiger partial charge in [-0.1, -0.05) is 66.2 Å². The van der Waals surface area contributed by atoms with Crippen molar-refractivity contribution in [2.45, 2.75) is 103 Å². The van der Waals surface area contributed by atoms with Gasteiger partial charge in [0.2, 0.25) is 0 Å². The Morgan fingerprint density at radius 2 is 1.27 bits per heavy atom. The highest BCUT2D eigenvalue weighted by Crippen LogP contribution is 2.44. The van der Waals surface area contributed by atoms with Gasteiger partial charge in [-0.25, -0.2) is 9.36 Å². The van der Waals surface area contributed by atoms with E-state index in [0.717, 1.165) is 51.4 Å². The maximum Gasteiger partial charge on any atom is 0.472 e. The molecule has 10 nitrogen and oxygen atoms in total. The van der Waals surface area contributed by atoms with E-state index in [-0.39, 0.29) is 25.0 Å². The molecule has 0 aromatic rings. The van der Waals surface area contributed by atoms with Gasteiger partial charge in [-0.15, -0.1) is 0 Å². The molecule has 0 saturated carbocycles. The number of ether oxygens (including phenoxy) is 1. The largest absolute Gasteiger partial charge is 0.472 e. The van der Waals surface area contributed by atoms with Gasteiger partial charge in [-0.3, -0.25) is 9.05 Å². The number of phosphoric acid groups is 1. The predicted octanol–water partition coefficient (Wildman–Crippen LogP) is 2.54. The molecule has 0 amide bonds. The van der Waals surface area contributed by atoms with Gasteiger partial charge in [0.05, 0.1) is 19.8 Å². The molecule has 0 aliphatic heterocycles. The lowest BCUT2D eigenvalue weighted by Gasteiger charge is -2.26. The van der Waals surface area contributed by atoms with Crippen molar-refractivity contribution < 1.29 is 48.5 Å². The number of hydrogen-bond donors (Lipinski definition) is 5. The Balaban J connectivity index is 4.57. The van der Waals surface area contributed by atoms with Crippen LogP contribution >= 0.6 is 7.82 Å². The first kappa shape index (κ1) is 32.4. The molecule has 0 fully saturated rings. The van der Waals surface area contributed by atoms with Gasteiger partial charge < -0.3 is 30.1 Å². The average molecular weight is 501 g/mol. The first-order chi connectivity index (χ1) is 15.5. The zero-order chi connectivity index (χ0) is 25.4. The van der Waals surface area contributed by atoms with Gasteiger partial charge in [0.15, 0.2) is 6.10 Å². The van der Waals surface area contributed by atoms with E-state index in [1.54, 1.807) is 0 Å². The summed E-state index contributed by atoms with van der Waals surface area (Å²) in [7, 11) is -4.50. The van der Waals surface area contributed by atoms with Crippen molar-refractivity contribution in [2.75, 3.05) is 19.8 Å². The normalized spacial score (nSPS) is 19.2. The van der Waals surface area contributed by atoms with Crippen LogP contribution in [0.1, 0.15) is 79.1 Å². The second-order valence-electron chi connectivity index (χ2n) is 8.52. The Hall–Kier alpha value is -0.580. The van der Waals surface area contributed by atoms with E-state index in [1.807, 2.05) is 27.7 Å². The van der Waals surface area contributed by atoms with Gasteiger partial charge >= 0.3 is 13.8 Å². The van der Waals surface area contributed by atoms with Crippen LogP contribution in [0.3, 0.4) is 0 Å². The highest BCUT2D eigenvalue weighted by Gasteiger charge is 2.37. The molecule has 0 bridgehead atoms. The second kappa shape index (κ2) is 17.8. The van der Waals surface area contributed by atoms with Crippen LogP contribution in [-0.4, -0.2) is 75.5 Å². The lowest BCUT2D eigenvalue weighted by atomic mass is 10.0. The molecule has 0 aliphatic rings. The van der Waals surface area contributed by atoms with E-state index in [0.29, 0.717) is 0 Å². The maximum absolute atomic E-state index is 12.0. The van der Waals surface area contributed by atoms with Crippen LogP contribution in [0, 0.1) is 11.8 Å². The highest BCUT2D eigenvalue weighted by atomic mass is 31.2. The molecule has 0 aromatic carbocycles. The van der Waals surface area contributed by atoms with Gasteiger partial charge in [0, 0.05) is 0 Å². The molecule has 5 N–H and O–H groups in total. The van der Waals surface area contributed by atoms with Crippen LogP contribution in [0.5, 0.6) is 0 Å². The fourth-order valence-electron chi connectivity index (χ4n) is 3.14. The maximum atomic E-state index is 12.0. The standard InChI is InChI=1S/C22H45O10P/c1-5-9-11-16(7-3)13-30-22(27)21(26)20(25)19(24)18(23)15-32-33(28,29)31-14-17(8-4)12-10-6-2/h16-21,23-26H,5-15H2,1-4H3,(H,28,29)/t16?,17?,18-,19-,20+,21-/m1/s1. The minimum Gasteiger partial charge on any atom is -0.463 e. The topological polar surface area (TPSA) is 163 Å². The van der Waals surface area contributed by atoms with E-state index >= 15 is 0 Å². The molecule has 33 heavy (non-hydrogen) atoms. The highest BCUT2D eigenvalue weighted by molar-refractivity contribution is 7.47. The Morgan fingerprint density at radius 3 is 1.76 bits per heavy atom. The minimum atomic E-state index is -4.50. The van der Waals surface area contributed by atoms with Crippen molar-refractivity contribution in [3.05, 3.63) is 0 Å². The molecule has 0 aromatic heterocycles. The zero-order valence-corrected chi connectivity index (χ0v) is 21.4. The van der Waals surface area contributed by atoms with Crippen molar-refractivity contribution in [3.63, 3.8) is 0 Å². The molecule has 198 valence electrons. The Morgan fingerprint density at radius 1 is 0.788 bits per heavy atom. The molecule has 0 radical (unpaired) electrons. The molecule has 0 aliphatic carbocycles. The zero-order valence-electron chi connectivity index (χ0n) is 20.5. The van der Waals surface area contributed by atoms with Crippen molar-refractivity contribution in [2.24, 2.45) is 11.8 Å². The molecule has 3 unspecified atom stereocenters. The quantitative estimate of drug-likeness (QED) is 0.124. The Bertz CT molecular complexity index is 561. The molecule has 0 heterocycles. The number of phosphoric ester groups is 1. The summed E-state index contributed by atoms with van der Waals surface area (Å²) in [5.74, 6) is -0.921. The van der Waals surface area contributed by atoms with Crippen molar-refractivity contribution >= 4 is 13.8 Å². The Kier molecular flexibility index (Phi) is 17.5. The predicted molar refractivity (Wildman–Crippen MR) is 123 cm³/mol. The molecular weight excluding hydrogens is 455 g/mol. The van der Waals surface area contributed by atoms with Crippen LogP contribution in [-0.2, 0) is 23.1 Å². The lowest BCUT2D eigenvalue weighted by molar-refractivity contribution is -0.171. The van der Waals surface area contributed by atoms with E-state index in [1.165, 1.54) is 0 Å². The van der Waals surface area contributed by atoms with Crippen molar-refractivity contribution in [1.82, 2.24) is 0 Å². The molecule has 7 atom stereocenters. The van der Waals surface area contributed by atoms with Gasteiger partial charge in [-0.05, 0) is 24.7 Å². The lowest BCUT2D eigenvalue weighted by Crippen LogP contribution is -2.49. The molecule has 11 heteroatoms. The smallest absolute Gasteiger partial charge is 0.463 e. The molecular formula is C22H45O10P. The SMILES string of the molecule is CCCCC(CC)COC(=O)[C@H](O)[C@@H](O)[C@H](O)[C@H](O)COP(=O)(O)OCC(CC)CCCC. The van der Waals surface area contributed by atoms with Crippen molar-refractivity contribution in [1.29, 1.82) is 0 Å². The van der Waals surface area contributed by atoms with Crippen molar-refractivity contribution in [3.8, 4) is 0 Å². The monoisotopic (exact) mass is 500 g/mol. The fraction of sp³-hybridized carbons (Fsp3) is 0.955. The molecule has 0 spiro atoms. The summed E-state index contributed by atoms with van der Waals surface area (Å²) in [6.45, 7) is 7.22. The number of aliphatic hydroxyl groups is 4. The van der Waals surface area contributed by atoms with Crippen LogP contribution < -0.4 is 0 Å². The Labute approximate surface area is 197 Å². The number of rotatable bonds is 20. The first-order valence-corrected chi connectivity index (χ1v) is 13.5. The fourth-order valence-corrected chi connectivity index (χ4v) is 3.96. The van der Waals surface area contributed by atoms with Crippen LogP contribution in [0.2, 0.25) is 0 Å². The minimum absolute atomic E-state index is 0.00706. The summed E-state index contributed by atoms with van der Waals surface area (Å²) >= 11 is 0. The number of carbonyl (C=O) groups excluding carboxylic acids is 1. The second-order valence-corrected chi connectivity index (χ2v) is 9.97. The summed E-state index contributed by atoms with van der Waals surface area (Å²) in [5.41, 5.74) is 0. The van der Waals surface area contributed by atoms with E-state index in [2.05, 4.69) is 0 Å². The number of aliphatic hydroxyl groups excluding tert-OH is 4. The molecule has 0 rings (SSSR count). The van der Waals surface area contributed by atoms with E-state index in [4.69, 9.17) is 13.8 Å². The summed E-state index contributed by atoms with van der Waals surface area (Å²) in [6.07, 6.45) is -0.885. The number of hydrogen-bond acceptors (Lipinski definition) is 9. The number of carbonyl (C=O) groups is 1. The third-order valence-corrected chi connectivity index (χ3v) is 6.69. The third-order valence-electron chi connectivity index (χ3n) is 5.74. The van der Waals surface area contributed by atoms with Crippen LogP contribution in [0.15, 0.2) is 0 Å². The summed E-state index contributed by atoms with van der Waals surface area (Å²) in [5, 5.41) is 40.0.